The molecule has 1 N–H and O–H groups in total. The molecule has 0 aliphatic carbocycles. The smallest absolute Gasteiger partial charge is 0.0313 e. The molecule has 1 aromatic heterocycles. The molecule has 1 aromatic carbocycles. The van der Waals surface area contributed by atoms with Gasteiger partial charge in [0.2, 0.25) is 0 Å². The third-order valence-electron chi connectivity index (χ3n) is 3.20. The lowest BCUT2D eigenvalue weighted by Crippen LogP contribution is -2.19. The molecular weight excluding hydrogens is 220 g/mol. The average Bonchev–Trinajstić information content (AvgIpc) is 2.37. The Kier molecular flexibility index (Phi) is 4.11. The highest BCUT2D eigenvalue weighted by atomic mass is 14.9. The van der Waals surface area contributed by atoms with Crippen molar-refractivity contribution in [2.24, 2.45) is 0 Å². The maximum atomic E-state index is 4.21. The van der Waals surface area contributed by atoms with Crippen molar-refractivity contribution in [3.8, 4) is 0 Å². The summed E-state index contributed by atoms with van der Waals surface area (Å²) < 4.78 is 0. The van der Waals surface area contributed by atoms with Gasteiger partial charge < -0.3 is 5.32 Å². The molecule has 1 atom stereocenters. The molecule has 94 valence electrons. The first-order valence-electron chi connectivity index (χ1n) is 6.36. The number of nitrogens with zero attached hydrogens (tertiary/aromatic N) is 1. The zero-order valence-corrected chi connectivity index (χ0v) is 11.3. The molecule has 0 fully saturated rings. The fraction of sp³-hybridized carbons (Fsp3) is 0.312. The van der Waals surface area contributed by atoms with Gasteiger partial charge in [0.1, 0.15) is 0 Å². The molecule has 2 aromatic rings. The predicted octanol–water partition coefficient (Wildman–Crippen LogP) is 3.55. The van der Waals surface area contributed by atoms with Gasteiger partial charge in [-0.1, -0.05) is 30.3 Å². The molecule has 0 saturated carbocycles. The van der Waals surface area contributed by atoms with Crippen LogP contribution in [0.4, 0.5) is 0 Å². The molecule has 2 nitrogen and oxygen atoms in total. The van der Waals surface area contributed by atoms with E-state index in [2.05, 4.69) is 61.4 Å². The Morgan fingerprint density at radius 1 is 1.17 bits per heavy atom. The summed E-state index contributed by atoms with van der Waals surface area (Å²) >= 11 is 0. The van der Waals surface area contributed by atoms with Crippen LogP contribution in [-0.4, -0.2) is 4.98 Å². The van der Waals surface area contributed by atoms with Crippen molar-refractivity contribution < 1.29 is 0 Å². The van der Waals surface area contributed by atoms with E-state index in [1.807, 2.05) is 12.4 Å². The van der Waals surface area contributed by atoms with Gasteiger partial charge in [0.05, 0.1) is 0 Å². The molecule has 0 radical (unpaired) electrons. The fourth-order valence-corrected chi connectivity index (χ4v) is 2.17. The van der Waals surface area contributed by atoms with Crippen molar-refractivity contribution in [1.82, 2.24) is 10.3 Å². The molecule has 0 amide bonds. The van der Waals surface area contributed by atoms with Crippen LogP contribution in [0.3, 0.4) is 0 Å². The number of nitrogens with one attached hydrogen (secondary N) is 1. The van der Waals surface area contributed by atoms with E-state index in [4.69, 9.17) is 0 Å². The van der Waals surface area contributed by atoms with Gasteiger partial charge >= 0.3 is 0 Å². The van der Waals surface area contributed by atoms with E-state index in [0.717, 1.165) is 6.54 Å². The van der Waals surface area contributed by atoms with E-state index in [-0.39, 0.29) is 0 Å². The third-order valence-corrected chi connectivity index (χ3v) is 3.20. The fourth-order valence-electron chi connectivity index (χ4n) is 2.17. The van der Waals surface area contributed by atoms with Crippen molar-refractivity contribution in [1.29, 1.82) is 0 Å². The van der Waals surface area contributed by atoms with E-state index < -0.39 is 0 Å². The van der Waals surface area contributed by atoms with E-state index in [9.17, 15) is 0 Å². The number of hydrogen-bond acceptors (Lipinski definition) is 2. The van der Waals surface area contributed by atoms with Gasteiger partial charge in [-0.3, -0.25) is 4.98 Å². The molecular formula is C16H20N2. The summed E-state index contributed by atoms with van der Waals surface area (Å²) in [7, 11) is 0. The average molecular weight is 240 g/mol. The predicted molar refractivity (Wildman–Crippen MR) is 75.4 cm³/mol. The Labute approximate surface area is 109 Å². The highest BCUT2D eigenvalue weighted by molar-refractivity contribution is 5.28. The van der Waals surface area contributed by atoms with Crippen LogP contribution in [-0.2, 0) is 6.54 Å². The topological polar surface area (TPSA) is 24.9 Å². The Hall–Kier alpha value is -1.67. The first-order chi connectivity index (χ1) is 8.66. The minimum atomic E-state index is 0.353. The van der Waals surface area contributed by atoms with E-state index >= 15 is 0 Å². The number of benzene rings is 1. The number of rotatable bonds is 4. The Balaban J connectivity index is 2.00. The van der Waals surface area contributed by atoms with Crippen LogP contribution in [0.1, 0.15) is 35.2 Å². The summed E-state index contributed by atoms with van der Waals surface area (Å²) in [6.07, 6.45) is 3.80. The minimum Gasteiger partial charge on any atom is -0.306 e. The van der Waals surface area contributed by atoms with Gasteiger partial charge in [-0.25, -0.2) is 0 Å². The van der Waals surface area contributed by atoms with Gasteiger partial charge in [0.25, 0.3) is 0 Å². The summed E-state index contributed by atoms with van der Waals surface area (Å²) in [4.78, 5) is 4.21. The molecule has 0 unspecified atom stereocenters. The summed E-state index contributed by atoms with van der Waals surface area (Å²) in [6, 6.07) is 11.0. The first-order valence-corrected chi connectivity index (χ1v) is 6.36. The monoisotopic (exact) mass is 240 g/mol. The van der Waals surface area contributed by atoms with E-state index in [1.165, 1.54) is 22.3 Å². The van der Waals surface area contributed by atoms with Crippen LogP contribution in [0, 0.1) is 13.8 Å². The highest BCUT2D eigenvalue weighted by Gasteiger charge is 2.06. The quantitative estimate of drug-likeness (QED) is 0.884. The lowest BCUT2D eigenvalue weighted by Gasteiger charge is -2.16. The number of hydrogen-bond donors (Lipinski definition) is 1. The second-order valence-electron chi connectivity index (χ2n) is 4.83. The van der Waals surface area contributed by atoms with Crippen LogP contribution in [0.5, 0.6) is 0 Å². The SMILES string of the molecule is Cc1cncc(CN[C@H](C)c2ccccc2C)c1. The molecule has 0 aliphatic heterocycles. The van der Waals surface area contributed by atoms with Crippen molar-refractivity contribution in [3.05, 3.63) is 65.0 Å². The molecule has 0 saturated heterocycles. The molecule has 2 heteroatoms. The van der Waals surface area contributed by atoms with Gasteiger partial charge in [0, 0.05) is 25.0 Å². The zero-order valence-electron chi connectivity index (χ0n) is 11.3. The zero-order chi connectivity index (χ0) is 13.0. The highest BCUT2D eigenvalue weighted by Crippen LogP contribution is 2.17. The molecule has 2 rings (SSSR count). The normalized spacial score (nSPS) is 12.4. The van der Waals surface area contributed by atoms with Crippen LogP contribution in [0.25, 0.3) is 0 Å². The van der Waals surface area contributed by atoms with Crippen LogP contribution < -0.4 is 5.32 Å². The van der Waals surface area contributed by atoms with Crippen molar-refractivity contribution >= 4 is 0 Å². The first kappa shape index (κ1) is 12.8. The van der Waals surface area contributed by atoms with E-state index in [0.29, 0.717) is 6.04 Å². The van der Waals surface area contributed by atoms with E-state index in [1.54, 1.807) is 0 Å². The van der Waals surface area contributed by atoms with Crippen molar-refractivity contribution in [2.75, 3.05) is 0 Å². The Morgan fingerprint density at radius 3 is 2.67 bits per heavy atom. The van der Waals surface area contributed by atoms with Crippen molar-refractivity contribution in [3.63, 3.8) is 0 Å². The lowest BCUT2D eigenvalue weighted by atomic mass is 10.0. The third kappa shape index (κ3) is 3.17. The number of aryl methyl sites for hydroxylation is 2. The largest absolute Gasteiger partial charge is 0.306 e. The van der Waals surface area contributed by atoms with Gasteiger partial charge in [-0.15, -0.1) is 0 Å². The van der Waals surface area contributed by atoms with Gasteiger partial charge in [-0.2, -0.15) is 0 Å². The second-order valence-corrected chi connectivity index (χ2v) is 4.83. The number of aromatic nitrogens is 1. The number of pyridine rings is 1. The molecule has 18 heavy (non-hydrogen) atoms. The summed E-state index contributed by atoms with van der Waals surface area (Å²) in [5.41, 5.74) is 5.13. The second kappa shape index (κ2) is 5.78. The van der Waals surface area contributed by atoms with Crippen LogP contribution >= 0.6 is 0 Å². The molecule has 1 heterocycles. The van der Waals surface area contributed by atoms with Crippen molar-refractivity contribution in [2.45, 2.75) is 33.4 Å². The standard InChI is InChI=1S/C16H20N2/c1-12-8-15(10-17-9-12)11-18-14(3)16-7-5-4-6-13(16)2/h4-10,14,18H,11H2,1-3H3/t14-/m1/s1. The Morgan fingerprint density at radius 2 is 1.94 bits per heavy atom. The van der Waals surface area contributed by atoms with Gasteiger partial charge in [0.15, 0.2) is 0 Å². The maximum Gasteiger partial charge on any atom is 0.0313 e. The van der Waals surface area contributed by atoms with Gasteiger partial charge in [-0.05, 0) is 43.0 Å². The Bertz CT molecular complexity index is 520. The molecule has 0 bridgehead atoms. The lowest BCUT2D eigenvalue weighted by molar-refractivity contribution is 0.571. The molecule has 0 aliphatic rings. The summed E-state index contributed by atoms with van der Waals surface area (Å²) in [5.74, 6) is 0. The summed E-state index contributed by atoms with van der Waals surface area (Å²) in [5, 5.41) is 3.54. The summed E-state index contributed by atoms with van der Waals surface area (Å²) in [6.45, 7) is 7.28. The molecule has 0 spiro atoms. The van der Waals surface area contributed by atoms with Crippen LogP contribution in [0.15, 0.2) is 42.7 Å². The minimum absolute atomic E-state index is 0.353. The maximum absolute atomic E-state index is 4.21. The van der Waals surface area contributed by atoms with Crippen LogP contribution in [0.2, 0.25) is 0 Å².